The molecule has 2 N–H and O–H groups in total. The van der Waals surface area contributed by atoms with Gasteiger partial charge in [0.25, 0.3) is 11.8 Å². The Kier molecular flexibility index (Phi) is 5.36. The van der Waals surface area contributed by atoms with Crippen LogP contribution in [0.5, 0.6) is 0 Å². The third-order valence-corrected chi connectivity index (χ3v) is 3.28. The highest BCUT2D eigenvalue weighted by Crippen LogP contribution is 2.14. The average Bonchev–Trinajstić information content (AvgIpc) is 3.05. The van der Waals surface area contributed by atoms with Crippen molar-refractivity contribution in [1.29, 1.82) is 0 Å². The summed E-state index contributed by atoms with van der Waals surface area (Å²) in [6, 6.07) is 10.8. The molecule has 0 spiro atoms. The lowest BCUT2D eigenvalue weighted by Gasteiger charge is -2.08. The molecule has 0 unspecified atom stereocenters. The Labute approximate surface area is 129 Å². The molecule has 0 aliphatic rings. The van der Waals surface area contributed by atoms with E-state index in [1.54, 1.807) is 12.1 Å². The van der Waals surface area contributed by atoms with E-state index < -0.39 is 0 Å². The van der Waals surface area contributed by atoms with Gasteiger partial charge in [-0.2, -0.15) is 0 Å². The molecule has 116 valence electrons. The number of hydrogen-bond acceptors (Lipinski definition) is 3. The van der Waals surface area contributed by atoms with Gasteiger partial charge in [0.1, 0.15) is 0 Å². The number of carbonyl (C=O) groups is 2. The van der Waals surface area contributed by atoms with Crippen LogP contribution in [0.2, 0.25) is 0 Å². The monoisotopic (exact) mass is 300 g/mol. The van der Waals surface area contributed by atoms with Crippen LogP contribution >= 0.6 is 0 Å². The molecule has 5 heteroatoms. The number of amides is 2. The third kappa shape index (κ3) is 4.22. The zero-order valence-corrected chi connectivity index (χ0v) is 12.8. The van der Waals surface area contributed by atoms with Gasteiger partial charge in [0, 0.05) is 18.7 Å². The second kappa shape index (κ2) is 7.45. The van der Waals surface area contributed by atoms with Crippen LogP contribution in [0.1, 0.15) is 46.2 Å². The Hall–Kier alpha value is -2.56. The summed E-state index contributed by atoms with van der Waals surface area (Å²) in [7, 11) is 0. The van der Waals surface area contributed by atoms with Gasteiger partial charge in [0.05, 0.1) is 6.26 Å². The smallest absolute Gasteiger partial charge is 0.287 e. The quantitative estimate of drug-likeness (QED) is 0.805. The maximum Gasteiger partial charge on any atom is 0.287 e. The Morgan fingerprint density at radius 1 is 1.00 bits per heavy atom. The predicted molar refractivity (Wildman–Crippen MR) is 83.9 cm³/mol. The van der Waals surface area contributed by atoms with Gasteiger partial charge in [-0.25, -0.2) is 0 Å². The molecule has 0 saturated carbocycles. The van der Waals surface area contributed by atoms with E-state index in [0.717, 1.165) is 0 Å². The highest BCUT2D eigenvalue weighted by molar-refractivity contribution is 5.94. The Morgan fingerprint density at radius 2 is 1.64 bits per heavy atom. The van der Waals surface area contributed by atoms with Gasteiger partial charge < -0.3 is 15.1 Å². The molecule has 0 saturated heterocycles. The van der Waals surface area contributed by atoms with Gasteiger partial charge in [0.15, 0.2) is 5.76 Å². The first-order valence-electron chi connectivity index (χ1n) is 7.28. The molecule has 0 atom stereocenters. The van der Waals surface area contributed by atoms with Crippen molar-refractivity contribution in [3.05, 3.63) is 59.5 Å². The molecule has 2 amide bonds. The lowest BCUT2D eigenvalue weighted by Crippen LogP contribution is -2.34. The Morgan fingerprint density at radius 3 is 2.18 bits per heavy atom. The minimum atomic E-state index is -0.291. The fraction of sp³-hybridized carbons (Fsp3) is 0.294. The van der Waals surface area contributed by atoms with Crippen LogP contribution < -0.4 is 10.6 Å². The molecular weight excluding hydrogens is 280 g/mol. The normalized spacial score (nSPS) is 10.5. The van der Waals surface area contributed by atoms with Gasteiger partial charge >= 0.3 is 0 Å². The fourth-order valence-electron chi connectivity index (χ4n) is 1.97. The summed E-state index contributed by atoms with van der Waals surface area (Å²) in [5.74, 6) is 0.257. The van der Waals surface area contributed by atoms with Gasteiger partial charge in [0.2, 0.25) is 0 Å². The molecule has 22 heavy (non-hydrogen) atoms. The van der Waals surface area contributed by atoms with E-state index in [-0.39, 0.29) is 17.6 Å². The molecule has 0 aliphatic heterocycles. The van der Waals surface area contributed by atoms with E-state index >= 15 is 0 Å². The number of carbonyl (C=O) groups excluding carboxylic acids is 2. The first kappa shape index (κ1) is 15.8. The first-order chi connectivity index (χ1) is 10.6. The van der Waals surface area contributed by atoms with E-state index in [4.69, 9.17) is 4.42 Å². The minimum Gasteiger partial charge on any atom is -0.459 e. The van der Waals surface area contributed by atoms with Crippen LogP contribution in [0.4, 0.5) is 0 Å². The van der Waals surface area contributed by atoms with Gasteiger partial charge in [-0.05, 0) is 35.7 Å². The lowest BCUT2D eigenvalue weighted by molar-refractivity contribution is 0.0910. The molecule has 0 aliphatic carbocycles. The maximum atomic E-state index is 12.0. The van der Waals surface area contributed by atoms with Crippen molar-refractivity contribution in [2.45, 2.75) is 19.8 Å². The van der Waals surface area contributed by atoms with Crippen molar-refractivity contribution in [1.82, 2.24) is 10.6 Å². The minimum absolute atomic E-state index is 0.150. The number of nitrogens with one attached hydrogen (secondary N) is 2. The summed E-state index contributed by atoms with van der Waals surface area (Å²) >= 11 is 0. The fourth-order valence-corrected chi connectivity index (χ4v) is 1.97. The second-order valence-corrected chi connectivity index (χ2v) is 5.27. The van der Waals surface area contributed by atoms with Crippen LogP contribution in [-0.4, -0.2) is 24.9 Å². The molecule has 1 aromatic carbocycles. The molecule has 5 nitrogen and oxygen atoms in total. The van der Waals surface area contributed by atoms with E-state index in [1.165, 1.54) is 11.8 Å². The average molecular weight is 300 g/mol. The second-order valence-electron chi connectivity index (χ2n) is 5.27. The topological polar surface area (TPSA) is 71.3 Å². The van der Waals surface area contributed by atoms with E-state index in [1.807, 2.05) is 24.3 Å². The van der Waals surface area contributed by atoms with Crippen LogP contribution in [-0.2, 0) is 0 Å². The van der Waals surface area contributed by atoms with Crippen molar-refractivity contribution in [2.24, 2.45) is 0 Å². The van der Waals surface area contributed by atoms with E-state index in [2.05, 4.69) is 24.5 Å². The molecule has 1 heterocycles. The summed E-state index contributed by atoms with van der Waals surface area (Å²) in [5.41, 5.74) is 1.81. The van der Waals surface area contributed by atoms with Crippen molar-refractivity contribution in [2.75, 3.05) is 13.1 Å². The molecule has 1 aromatic heterocycles. The molecule has 2 rings (SSSR count). The van der Waals surface area contributed by atoms with Gasteiger partial charge in [-0.1, -0.05) is 26.0 Å². The van der Waals surface area contributed by atoms with Gasteiger partial charge in [-0.15, -0.1) is 0 Å². The SMILES string of the molecule is CC(C)c1ccc(C(=O)NCCNC(=O)c2ccco2)cc1. The summed E-state index contributed by atoms with van der Waals surface area (Å²) in [6.45, 7) is 4.92. The van der Waals surface area contributed by atoms with E-state index in [0.29, 0.717) is 24.6 Å². The molecular formula is C17H20N2O3. The predicted octanol–water partition coefficient (Wildman–Crippen LogP) is 2.56. The lowest BCUT2D eigenvalue weighted by atomic mass is 10.0. The zero-order valence-electron chi connectivity index (χ0n) is 12.8. The molecule has 0 fully saturated rings. The van der Waals surface area contributed by atoms with Crippen molar-refractivity contribution >= 4 is 11.8 Å². The molecule has 0 bridgehead atoms. The Bertz CT molecular complexity index is 616. The van der Waals surface area contributed by atoms with Crippen LogP contribution in [0.25, 0.3) is 0 Å². The van der Waals surface area contributed by atoms with Crippen molar-refractivity contribution < 1.29 is 14.0 Å². The summed E-state index contributed by atoms with van der Waals surface area (Å²) < 4.78 is 4.97. The number of benzene rings is 1. The van der Waals surface area contributed by atoms with Crippen molar-refractivity contribution in [3.8, 4) is 0 Å². The first-order valence-corrected chi connectivity index (χ1v) is 7.28. The largest absolute Gasteiger partial charge is 0.459 e. The maximum absolute atomic E-state index is 12.0. The van der Waals surface area contributed by atoms with E-state index in [9.17, 15) is 9.59 Å². The van der Waals surface area contributed by atoms with Gasteiger partial charge in [-0.3, -0.25) is 9.59 Å². The molecule has 0 radical (unpaired) electrons. The summed E-state index contributed by atoms with van der Waals surface area (Å²) in [5, 5.41) is 5.43. The van der Waals surface area contributed by atoms with Crippen molar-refractivity contribution in [3.63, 3.8) is 0 Å². The number of hydrogen-bond donors (Lipinski definition) is 2. The van der Waals surface area contributed by atoms with Crippen LogP contribution in [0.15, 0.2) is 47.1 Å². The zero-order chi connectivity index (χ0) is 15.9. The highest BCUT2D eigenvalue weighted by Gasteiger charge is 2.08. The standard InChI is InChI=1S/C17H20N2O3/c1-12(2)13-5-7-14(8-6-13)16(20)18-9-10-19-17(21)15-4-3-11-22-15/h3-8,11-12H,9-10H2,1-2H3,(H,18,20)(H,19,21). The number of furan rings is 1. The highest BCUT2D eigenvalue weighted by atomic mass is 16.3. The Balaban J connectivity index is 1.74. The number of rotatable bonds is 6. The summed E-state index contributed by atoms with van der Waals surface area (Å²) in [6.07, 6.45) is 1.44. The van der Waals surface area contributed by atoms with Crippen LogP contribution in [0, 0.1) is 0 Å². The van der Waals surface area contributed by atoms with Crippen LogP contribution in [0.3, 0.4) is 0 Å². The molecule has 2 aromatic rings. The summed E-state index contributed by atoms with van der Waals surface area (Å²) in [4.78, 5) is 23.6. The third-order valence-electron chi connectivity index (χ3n) is 3.28.